The highest BCUT2D eigenvalue weighted by molar-refractivity contribution is 6.65. The van der Waals surface area contributed by atoms with Crippen molar-refractivity contribution in [1.82, 2.24) is 19.6 Å². The van der Waals surface area contributed by atoms with Crippen molar-refractivity contribution in [1.29, 1.82) is 0 Å². The molecule has 2 heterocycles. The molecule has 0 saturated carbocycles. The van der Waals surface area contributed by atoms with Gasteiger partial charge in [0.1, 0.15) is 9.85 Å². The van der Waals surface area contributed by atoms with Gasteiger partial charge in [-0.05, 0) is 32.7 Å². The first kappa shape index (κ1) is 21.3. The summed E-state index contributed by atoms with van der Waals surface area (Å²) in [5.74, 6) is 0.327. The number of likely N-dealkylation sites (N-methyl/N-ethyl adjacent to an activating group) is 1. The van der Waals surface area contributed by atoms with Crippen LogP contribution in [0.3, 0.4) is 0 Å². The van der Waals surface area contributed by atoms with E-state index in [0.29, 0.717) is 19.0 Å². The summed E-state index contributed by atoms with van der Waals surface area (Å²) in [6, 6.07) is 0. The monoisotopic (exact) mass is 398 g/mol. The van der Waals surface area contributed by atoms with Crippen molar-refractivity contribution >= 4 is 35.3 Å². The Balaban J connectivity index is 0.00000312. The number of rotatable bonds is 4. The van der Waals surface area contributed by atoms with E-state index in [1.807, 2.05) is 11.9 Å². The first-order valence-electron chi connectivity index (χ1n) is 7.19. The van der Waals surface area contributed by atoms with Gasteiger partial charge in [-0.15, -0.1) is 12.4 Å². The lowest BCUT2D eigenvalue weighted by molar-refractivity contribution is -0.766. The van der Waals surface area contributed by atoms with E-state index in [1.165, 1.54) is 4.90 Å². The van der Waals surface area contributed by atoms with Crippen LogP contribution in [0.15, 0.2) is 9.98 Å². The SMILES string of the molecule is CN1CCN(C2=NC(N(C)C)N(C([N+](=O)[O-])[N+](=O)[O-])C(Cl)=N2)CC1.Cl. The van der Waals surface area contributed by atoms with E-state index in [-0.39, 0.29) is 17.7 Å². The number of nitro groups is 2. The number of hydrogen-bond acceptors (Lipinski definition) is 10. The molecule has 0 N–H and O–H groups in total. The van der Waals surface area contributed by atoms with Crippen molar-refractivity contribution in [2.75, 3.05) is 47.3 Å². The second-order valence-electron chi connectivity index (χ2n) is 5.73. The molecule has 0 aliphatic carbocycles. The lowest BCUT2D eigenvalue weighted by Gasteiger charge is -2.38. The summed E-state index contributed by atoms with van der Waals surface area (Å²) in [5, 5.41) is 21.9. The van der Waals surface area contributed by atoms with Crippen LogP contribution < -0.4 is 0 Å². The average Bonchev–Trinajstić information content (AvgIpc) is 2.48. The molecule has 0 amide bonds. The Hall–Kier alpha value is -1.76. The van der Waals surface area contributed by atoms with E-state index in [0.717, 1.165) is 18.0 Å². The van der Waals surface area contributed by atoms with Crippen LogP contribution in [0.25, 0.3) is 0 Å². The van der Waals surface area contributed by atoms with Crippen molar-refractivity contribution in [2.24, 2.45) is 9.98 Å². The summed E-state index contributed by atoms with van der Waals surface area (Å²) in [7, 11) is 5.21. The normalized spacial score (nSPS) is 21.8. The van der Waals surface area contributed by atoms with Gasteiger partial charge in [-0.25, -0.2) is 4.99 Å². The minimum atomic E-state index is -2.26. The van der Waals surface area contributed by atoms with E-state index >= 15 is 0 Å². The molecule has 14 heteroatoms. The number of hydrogen-bond donors (Lipinski definition) is 0. The minimum absolute atomic E-state index is 0. The van der Waals surface area contributed by atoms with Crippen LogP contribution in [-0.2, 0) is 0 Å². The summed E-state index contributed by atoms with van der Waals surface area (Å²) in [6.45, 7) is 2.98. The lowest BCUT2D eigenvalue weighted by Crippen LogP contribution is -2.59. The van der Waals surface area contributed by atoms with Crippen molar-refractivity contribution in [3.63, 3.8) is 0 Å². The number of halogens is 2. The Kier molecular flexibility index (Phi) is 7.29. The van der Waals surface area contributed by atoms with E-state index in [4.69, 9.17) is 11.6 Å². The number of aliphatic imine (C=N–C) groups is 2. The molecule has 0 aromatic rings. The van der Waals surface area contributed by atoms with Crippen LogP contribution in [0.2, 0.25) is 0 Å². The Morgan fingerprint density at radius 3 is 2.16 bits per heavy atom. The van der Waals surface area contributed by atoms with Gasteiger partial charge in [0, 0.05) is 26.2 Å². The van der Waals surface area contributed by atoms with Gasteiger partial charge in [-0.3, -0.25) is 25.1 Å². The van der Waals surface area contributed by atoms with Gasteiger partial charge in [0.2, 0.25) is 11.3 Å². The zero-order chi connectivity index (χ0) is 18.0. The van der Waals surface area contributed by atoms with Crippen LogP contribution in [0, 0.1) is 20.2 Å². The van der Waals surface area contributed by atoms with Crippen molar-refractivity contribution in [3.8, 4) is 0 Å². The number of amidine groups is 1. The maximum Gasteiger partial charge on any atom is 0.540 e. The number of nitrogens with zero attached hydrogens (tertiary/aromatic N) is 8. The smallest absolute Gasteiger partial charge is 0.338 e. The number of guanidine groups is 1. The second kappa shape index (κ2) is 8.56. The van der Waals surface area contributed by atoms with Crippen LogP contribution in [0.5, 0.6) is 0 Å². The molecule has 1 atom stereocenters. The highest BCUT2D eigenvalue weighted by Gasteiger charge is 2.48. The summed E-state index contributed by atoms with van der Waals surface area (Å²) in [6.07, 6.45) is -3.25. The average molecular weight is 399 g/mol. The predicted octanol–water partition coefficient (Wildman–Crippen LogP) is -0.396. The van der Waals surface area contributed by atoms with Gasteiger partial charge in [0.25, 0.3) is 0 Å². The van der Waals surface area contributed by atoms with E-state index in [1.54, 1.807) is 14.1 Å². The summed E-state index contributed by atoms with van der Waals surface area (Å²) >= 11 is 6.07. The molecule has 0 bridgehead atoms. The summed E-state index contributed by atoms with van der Waals surface area (Å²) in [5.41, 5.74) is 0. The van der Waals surface area contributed by atoms with Gasteiger partial charge in [0.15, 0.2) is 6.29 Å². The quantitative estimate of drug-likeness (QED) is 0.271. The van der Waals surface area contributed by atoms with E-state index in [2.05, 4.69) is 14.9 Å². The maximum atomic E-state index is 11.1. The topological polar surface area (TPSA) is 124 Å². The molecule has 0 aromatic carbocycles. The third-order valence-electron chi connectivity index (χ3n) is 3.76. The standard InChI is InChI=1S/C11H19ClN8O4.ClH/c1-15(2)10-14-9(17-6-4-16(3)5-7-17)13-8(12)18(10)11(19(21)22)20(23)24;/h10-11H,4-7H2,1-3H3;1H. The molecule has 25 heavy (non-hydrogen) atoms. The summed E-state index contributed by atoms with van der Waals surface area (Å²) < 4.78 is 0. The molecule has 2 rings (SSSR count). The molecule has 1 unspecified atom stereocenters. The molecule has 0 aromatic heterocycles. The Bertz CT molecular complexity index is 564. The third-order valence-corrected chi connectivity index (χ3v) is 4.04. The van der Waals surface area contributed by atoms with E-state index in [9.17, 15) is 20.2 Å². The van der Waals surface area contributed by atoms with Gasteiger partial charge < -0.3 is 9.80 Å². The molecule has 0 spiro atoms. The van der Waals surface area contributed by atoms with Gasteiger partial charge in [-0.2, -0.15) is 9.89 Å². The van der Waals surface area contributed by atoms with Crippen LogP contribution in [-0.4, -0.2) is 101 Å². The lowest BCUT2D eigenvalue weighted by atomic mass is 10.3. The van der Waals surface area contributed by atoms with Crippen LogP contribution >= 0.6 is 24.0 Å². The Labute approximate surface area is 155 Å². The maximum absolute atomic E-state index is 11.1. The third kappa shape index (κ3) is 4.66. The zero-order valence-electron chi connectivity index (χ0n) is 14.0. The van der Waals surface area contributed by atoms with Crippen LogP contribution in [0.4, 0.5) is 0 Å². The molecular formula is C11H20Cl2N8O4. The Morgan fingerprint density at radius 1 is 1.20 bits per heavy atom. The molecule has 2 aliphatic rings. The first-order chi connectivity index (χ1) is 11.2. The molecule has 2 aliphatic heterocycles. The highest BCUT2D eigenvalue weighted by Crippen LogP contribution is 2.20. The van der Waals surface area contributed by atoms with E-state index < -0.39 is 22.4 Å². The molecule has 1 fully saturated rings. The fourth-order valence-electron chi connectivity index (χ4n) is 2.45. The second-order valence-corrected chi connectivity index (χ2v) is 6.07. The first-order valence-corrected chi connectivity index (χ1v) is 7.57. The van der Waals surface area contributed by atoms with Gasteiger partial charge >= 0.3 is 6.29 Å². The highest BCUT2D eigenvalue weighted by atomic mass is 35.5. The molecular weight excluding hydrogens is 379 g/mol. The minimum Gasteiger partial charge on any atom is -0.338 e. The largest absolute Gasteiger partial charge is 0.540 e. The zero-order valence-corrected chi connectivity index (χ0v) is 15.6. The molecule has 12 nitrogen and oxygen atoms in total. The summed E-state index contributed by atoms with van der Waals surface area (Å²) in [4.78, 5) is 34.9. The fraction of sp³-hybridized carbons (Fsp3) is 0.818. The molecule has 0 radical (unpaired) electrons. The molecule has 1 saturated heterocycles. The fourth-order valence-corrected chi connectivity index (χ4v) is 2.70. The van der Waals surface area contributed by atoms with Crippen LogP contribution in [0.1, 0.15) is 0 Å². The Morgan fingerprint density at radius 2 is 1.72 bits per heavy atom. The van der Waals surface area contributed by atoms with Crippen molar-refractivity contribution < 1.29 is 9.85 Å². The van der Waals surface area contributed by atoms with Gasteiger partial charge in [0.05, 0.1) is 0 Å². The van der Waals surface area contributed by atoms with Crippen molar-refractivity contribution in [2.45, 2.75) is 12.6 Å². The van der Waals surface area contributed by atoms with Crippen molar-refractivity contribution in [3.05, 3.63) is 20.2 Å². The number of piperazine rings is 1. The molecule has 142 valence electrons. The predicted molar refractivity (Wildman–Crippen MR) is 94.1 cm³/mol. The van der Waals surface area contributed by atoms with Gasteiger partial charge in [-0.1, -0.05) is 0 Å².